The summed E-state index contributed by atoms with van der Waals surface area (Å²) in [6.07, 6.45) is 7.22. The van der Waals surface area contributed by atoms with Gasteiger partial charge in [-0.05, 0) is 86.4 Å². The van der Waals surface area contributed by atoms with Gasteiger partial charge in [-0.1, -0.05) is 24.3 Å². The Labute approximate surface area is 231 Å². The zero-order valence-corrected chi connectivity index (χ0v) is 23.8. The van der Waals surface area contributed by atoms with Crippen molar-refractivity contribution >= 4 is 39.0 Å². The van der Waals surface area contributed by atoms with Crippen molar-refractivity contribution in [1.82, 2.24) is 25.1 Å². The average molecular weight is 584 g/mol. The monoisotopic (exact) mass is 582 g/mol. The fourth-order valence-corrected chi connectivity index (χ4v) is 6.77. The molecule has 4 heterocycles. The van der Waals surface area contributed by atoms with E-state index in [0.29, 0.717) is 0 Å². The van der Waals surface area contributed by atoms with Gasteiger partial charge in [0.1, 0.15) is 15.7 Å². The van der Waals surface area contributed by atoms with Crippen LogP contribution in [0.25, 0.3) is 11.2 Å². The Morgan fingerprint density at radius 2 is 1.97 bits per heavy atom. The smallest absolute Gasteiger partial charge is 0.408 e. The lowest BCUT2D eigenvalue weighted by Crippen LogP contribution is -2.48. The molecule has 3 aliphatic rings. The molecule has 2 aliphatic heterocycles. The number of carbonyl (C=O) groups excluding carboxylic acids is 1. The van der Waals surface area contributed by atoms with Crippen LogP contribution >= 0.6 is 15.9 Å². The summed E-state index contributed by atoms with van der Waals surface area (Å²) in [4.78, 5) is 25.0. The van der Waals surface area contributed by atoms with E-state index in [9.17, 15) is 4.79 Å². The van der Waals surface area contributed by atoms with Crippen LogP contribution in [0, 0.1) is 5.41 Å². The maximum Gasteiger partial charge on any atom is 0.408 e. The van der Waals surface area contributed by atoms with E-state index >= 15 is 0 Å². The minimum Gasteiger partial charge on any atom is -0.444 e. The number of rotatable bonds is 3. The molecule has 1 aliphatic carbocycles. The fourth-order valence-electron chi connectivity index (χ4n) is 6.24. The largest absolute Gasteiger partial charge is 0.444 e. The standard InChI is InChI=1S/C28H35BrN6O3/c1-27(2,3)38-26(36)32-22-19-9-5-4-8-18(19)16-28(22)11-13-34(14-12-28)25-23(29)31-20-17-30-35(24(20)33-25)21-10-6-7-15-37-21/h4-5,8-9,17,21-22H,6-7,10-16H2,1-3H3,(H,32,36)/t21?,22-/m1/s1. The van der Waals surface area contributed by atoms with Crippen molar-refractivity contribution in [3.8, 4) is 0 Å². The zero-order valence-electron chi connectivity index (χ0n) is 22.2. The van der Waals surface area contributed by atoms with Crippen LogP contribution in [0.5, 0.6) is 0 Å². The predicted molar refractivity (Wildman–Crippen MR) is 148 cm³/mol. The van der Waals surface area contributed by atoms with Gasteiger partial charge in [0, 0.05) is 25.1 Å². The molecular weight excluding hydrogens is 548 g/mol. The highest BCUT2D eigenvalue weighted by Gasteiger charge is 2.49. The summed E-state index contributed by atoms with van der Waals surface area (Å²) in [5.41, 5.74) is 3.41. The minimum atomic E-state index is -0.544. The van der Waals surface area contributed by atoms with E-state index < -0.39 is 5.60 Å². The fraction of sp³-hybridized carbons (Fsp3) is 0.571. The molecule has 1 aromatic carbocycles. The van der Waals surface area contributed by atoms with E-state index in [1.165, 1.54) is 11.1 Å². The van der Waals surface area contributed by atoms with Gasteiger partial charge in [0.25, 0.3) is 0 Å². The lowest BCUT2D eigenvalue weighted by Gasteiger charge is -2.44. The number of nitrogens with one attached hydrogen (secondary N) is 1. The normalized spacial score (nSPS) is 23.0. The van der Waals surface area contributed by atoms with E-state index in [4.69, 9.17) is 19.4 Å². The number of aromatic nitrogens is 4. The molecule has 1 amide bonds. The summed E-state index contributed by atoms with van der Waals surface area (Å²) in [6.45, 7) is 8.06. The highest BCUT2D eigenvalue weighted by Crippen LogP contribution is 2.52. The summed E-state index contributed by atoms with van der Waals surface area (Å²) in [6, 6.07) is 8.38. The topological polar surface area (TPSA) is 94.4 Å². The lowest BCUT2D eigenvalue weighted by atomic mass is 9.72. The van der Waals surface area contributed by atoms with Gasteiger partial charge < -0.3 is 19.7 Å². The van der Waals surface area contributed by atoms with Crippen molar-refractivity contribution in [2.75, 3.05) is 24.6 Å². The van der Waals surface area contributed by atoms with Crippen LogP contribution in [0.1, 0.15) is 76.3 Å². The van der Waals surface area contributed by atoms with Crippen LogP contribution in [-0.2, 0) is 15.9 Å². The number of benzene rings is 1. The van der Waals surface area contributed by atoms with Crippen molar-refractivity contribution in [2.45, 2.75) is 77.2 Å². The average Bonchev–Trinajstić information content (AvgIpc) is 3.42. The third kappa shape index (κ3) is 4.77. The second kappa shape index (κ2) is 9.79. The molecule has 6 rings (SSSR count). The molecule has 2 aromatic heterocycles. The van der Waals surface area contributed by atoms with E-state index in [2.05, 4.69) is 55.5 Å². The van der Waals surface area contributed by atoms with Gasteiger partial charge >= 0.3 is 6.09 Å². The number of alkyl carbamates (subject to hydrolysis) is 1. The quantitative estimate of drug-likeness (QED) is 0.423. The molecule has 38 heavy (non-hydrogen) atoms. The highest BCUT2D eigenvalue weighted by molar-refractivity contribution is 9.10. The van der Waals surface area contributed by atoms with Gasteiger partial charge in [0.2, 0.25) is 0 Å². The summed E-state index contributed by atoms with van der Waals surface area (Å²) in [5, 5.41) is 7.81. The number of nitrogens with zero attached hydrogens (tertiary/aromatic N) is 5. The van der Waals surface area contributed by atoms with E-state index in [1.807, 2.05) is 25.5 Å². The third-order valence-electron chi connectivity index (χ3n) is 8.03. The molecule has 1 spiro atoms. The molecule has 202 valence electrons. The second-order valence-electron chi connectivity index (χ2n) is 11.8. The van der Waals surface area contributed by atoms with Gasteiger partial charge in [-0.25, -0.2) is 19.4 Å². The van der Waals surface area contributed by atoms with Gasteiger partial charge in [-0.2, -0.15) is 5.10 Å². The number of hydrogen-bond acceptors (Lipinski definition) is 7. The Balaban J connectivity index is 1.24. The maximum absolute atomic E-state index is 12.9. The second-order valence-corrected chi connectivity index (χ2v) is 12.5. The SMILES string of the molecule is CC(C)(C)OC(=O)N[C@@H]1c2ccccc2CC12CCN(c1nc3c(cnn3C3CCCCO3)nc1Br)CC2. The number of halogens is 1. The Morgan fingerprint density at radius 1 is 1.18 bits per heavy atom. The van der Waals surface area contributed by atoms with E-state index in [-0.39, 0.29) is 23.8 Å². The first kappa shape index (κ1) is 25.6. The number of amides is 1. The molecule has 10 heteroatoms. The summed E-state index contributed by atoms with van der Waals surface area (Å²) in [5.74, 6) is 0.831. The van der Waals surface area contributed by atoms with Gasteiger partial charge in [0.05, 0.1) is 12.2 Å². The lowest BCUT2D eigenvalue weighted by molar-refractivity contribution is -0.0370. The first-order valence-corrected chi connectivity index (χ1v) is 14.4. The maximum atomic E-state index is 12.9. The van der Waals surface area contributed by atoms with Crippen LogP contribution in [0.15, 0.2) is 35.1 Å². The molecule has 9 nitrogen and oxygen atoms in total. The van der Waals surface area contributed by atoms with Crippen molar-refractivity contribution in [3.63, 3.8) is 0 Å². The van der Waals surface area contributed by atoms with Crippen LogP contribution in [0.4, 0.5) is 10.6 Å². The number of anilines is 1. The molecule has 1 N–H and O–H groups in total. The van der Waals surface area contributed by atoms with E-state index in [0.717, 1.165) is 79.8 Å². The van der Waals surface area contributed by atoms with Crippen molar-refractivity contribution in [1.29, 1.82) is 0 Å². The zero-order chi connectivity index (χ0) is 26.5. The number of ether oxygens (including phenoxy) is 2. The molecular formula is C28H35BrN6O3. The van der Waals surface area contributed by atoms with Crippen molar-refractivity contribution in [2.24, 2.45) is 5.41 Å². The predicted octanol–water partition coefficient (Wildman–Crippen LogP) is 5.70. The Hall–Kier alpha value is -2.72. The first-order valence-electron chi connectivity index (χ1n) is 13.6. The Kier molecular flexibility index (Phi) is 6.58. The number of carbonyl (C=O) groups is 1. The van der Waals surface area contributed by atoms with Crippen molar-refractivity contribution in [3.05, 3.63) is 46.2 Å². The molecule has 2 fully saturated rings. The summed E-state index contributed by atoms with van der Waals surface area (Å²) >= 11 is 3.67. The number of fused-ring (bicyclic) bond motifs is 2. The minimum absolute atomic E-state index is 0.0706. The molecule has 0 radical (unpaired) electrons. The summed E-state index contributed by atoms with van der Waals surface area (Å²) < 4.78 is 14.2. The Bertz CT molecular complexity index is 1340. The molecule has 0 saturated carbocycles. The molecule has 2 saturated heterocycles. The molecule has 0 bridgehead atoms. The molecule has 3 aromatic rings. The van der Waals surface area contributed by atoms with Gasteiger partial charge in [0.15, 0.2) is 17.7 Å². The number of piperidine rings is 1. The van der Waals surface area contributed by atoms with E-state index in [1.54, 1.807) is 6.20 Å². The van der Waals surface area contributed by atoms with Crippen LogP contribution in [-0.4, -0.2) is 51.1 Å². The first-order chi connectivity index (χ1) is 18.2. The molecule has 1 unspecified atom stereocenters. The molecule has 2 atom stereocenters. The van der Waals surface area contributed by atoms with Crippen molar-refractivity contribution < 1.29 is 14.3 Å². The van der Waals surface area contributed by atoms with Crippen LogP contribution in [0.2, 0.25) is 0 Å². The highest BCUT2D eigenvalue weighted by atomic mass is 79.9. The van der Waals surface area contributed by atoms with Gasteiger partial charge in [-0.3, -0.25) is 0 Å². The Morgan fingerprint density at radius 3 is 2.71 bits per heavy atom. The van der Waals surface area contributed by atoms with Crippen LogP contribution in [0.3, 0.4) is 0 Å². The van der Waals surface area contributed by atoms with Crippen LogP contribution < -0.4 is 10.2 Å². The third-order valence-corrected chi connectivity index (χ3v) is 8.57. The summed E-state index contributed by atoms with van der Waals surface area (Å²) in [7, 11) is 0. The van der Waals surface area contributed by atoms with Gasteiger partial charge in [-0.15, -0.1) is 0 Å². The number of hydrogen-bond donors (Lipinski definition) is 1.